The molecule has 1 fully saturated rings. The number of nitrogens with zero attached hydrogens (tertiary/aromatic N) is 5. The third-order valence-electron chi connectivity index (χ3n) is 7.64. The van der Waals surface area contributed by atoms with Crippen molar-refractivity contribution in [3.8, 4) is 0 Å². The molecule has 1 aliphatic heterocycles. The van der Waals surface area contributed by atoms with Gasteiger partial charge in [-0.1, -0.05) is 13.0 Å². The summed E-state index contributed by atoms with van der Waals surface area (Å²) in [6, 6.07) is 5.38. The van der Waals surface area contributed by atoms with Crippen LogP contribution in [0.4, 0.5) is 19.0 Å². The number of amides is 1. The number of likely N-dealkylation sites (tertiary alicyclic amines) is 1. The molecule has 1 amide bonds. The van der Waals surface area contributed by atoms with E-state index in [0.29, 0.717) is 35.2 Å². The molecule has 3 aromatic heterocycles. The van der Waals surface area contributed by atoms with Crippen molar-refractivity contribution in [3.63, 3.8) is 0 Å². The molecule has 6 rings (SSSR count). The Morgan fingerprint density at radius 3 is 2.75 bits per heavy atom. The van der Waals surface area contributed by atoms with Gasteiger partial charge in [-0.05, 0) is 60.4 Å². The largest absolute Gasteiger partial charge is 0.416 e. The van der Waals surface area contributed by atoms with Crippen LogP contribution in [0.15, 0.2) is 36.7 Å². The molecule has 186 valence electrons. The Bertz CT molecular complexity index is 1530. The van der Waals surface area contributed by atoms with E-state index >= 15 is 0 Å². The summed E-state index contributed by atoms with van der Waals surface area (Å²) in [5.41, 5.74) is 8.51. The monoisotopic (exact) mass is 494 g/mol. The van der Waals surface area contributed by atoms with Gasteiger partial charge in [0.1, 0.15) is 11.5 Å². The van der Waals surface area contributed by atoms with E-state index < -0.39 is 11.7 Å². The molecule has 10 heteroatoms. The highest BCUT2D eigenvalue weighted by molar-refractivity contribution is 6.09. The van der Waals surface area contributed by atoms with E-state index in [4.69, 9.17) is 5.73 Å². The molecular formula is C26H25F3N6O. The number of benzene rings is 1. The number of hydrogen-bond donors (Lipinski definition) is 1. The lowest BCUT2D eigenvalue weighted by molar-refractivity contribution is -0.137. The van der Waals surface area contributed by atoms with Crippen molar-refractivity contribution in [3.05, 3.63) is 59.0 Å². The second-order valence-corrected chi connectivity index (χ2v) is 10.1. The van der Waals surface area contributed by atoms with E-state index in [1.54, 1.807) is 36.3 Å². The number of aryl methyl sites for hydroxylation is 2. The summed E-state index contributed by atoms with van der Waals surface area (Å²) in [5, 5.41) is 5.70. The Kier molecular flexibility index (Phi) is 5.00. The summed E-state index contributed by atoms with van der Waals surface area (Å²) in [4.78, 5) is 24.6. The van der Waals surface area contributed by atoms with Crippen molar-refractivity contribution in [1.82, 2.24) is 24.6 Å². The van der Waals surface area contributed by atoms with Crippen LogP contribution >= 0.6 is 0 Å². The maximum absolute atomic E-state index is 13.9. The van der Waals surface area contributed by atoms with Crippen LogP contribution in [0, 0.1) is 11.8 Å². The van der Waals surface area contributed by atoms with E-state index in [2.05, 4.69) is 22.0 Å². The van der Waals surface area contributed by atoms with Crippen LogP contribution in [0.25, 0.3) is 21.8 Å². The molecule has 1 unspecified atom stereocenters. The SMILES string of the molecule is CC1C[C@@H]2CCc3cc(C(F)(F)F)ccc3[C@@H]2N(C(=O)c2cc3c(cn2)nc(N)c2cnn(C)c23)C1. The maximum atomic E-state index is 13.9. The minimum Gasteiger partial charge on any atom is -0.383 e. The van der Waals surface area contributed by atoms with Crippen LogP contribution in [0.3, 0.4) is 0 Å². The lowest BCUT2D eigenvalue weighted by atomic mass is 9.72. The number of alkyl halides is 3. The summed E-state index contributed by atoms with van der Waals surface area (Å²) in [5.74, 6) is 0.569. The molecule has 36 heavy (non-hydrogen) atoms. The molecular weight excluding hydrogens is 469 g/mol. The number of anilines is 1. The number of hydrogen-bond acceptors (Lipinski definition) is 5. The minimum absolute atomic E-state index is 0.188. The van der Waals surface area contributed by atoms with E-state index in [-0.39, 0.29) is 29.5 Å². The van der Waals surface area contributed by atoms with Crippen LogP contribution in [-0.2, 0) is 19.6 Å². The number of rotatable bonds is 1. The van der Waals surface area contributed by atoms with Gasteiger partial charge in [0.2, 0.25) is 0 Å². The first-order chi connectivity index (χ1) is 17.1. The van der Waals surface area contributed by atoms with Crippen molar-refractivity contribution in [1.29, 1.82) is 0 Å². The molecule has 4 heterocycles. The molecule has 0 radical (unpaired) electrons. The van der Waals surface area contributed by atoms with Gasteiger partial charge in [0, 0.05) is 19.0 Å². The van der Waals surface area contributed by atoms with E-state index in [1.807, 2.05) is 4.90 Å². The van der Waals surface area contributed by atoms with Crippen LogP contribution in [0.1, 0.15) is 53.0 Å². The Balaban J connectivity index is 1.44. The Labute approximate surface area is 205 Å². The van der Waals surface area contributed by atoms with Crippen molar-refractivity contribution in [2.75, 3.05) is 12.3 Å². The second-order valence-electron chi connectivity index (χ2n) is 10.1. The van der Waals surface area contributed by atoms with Gasteiger partial charge in [-0.15, -0.1) is 0 Å². The van der Waals surface area contributed by atoms with Gasteiger partial charge in [0.05, 0.1) is 40.4 Å². The summed E-state index contributed by atoms with van der Waals surface area (Å²) >= 11 is 0. The lowest BCUT2D eigenvalue weighted by Gasteiger charge is -2.47. The van der Waals surface area contributed by atoms with Crippen molar-refractivity contribution in [2.24, 2.45) is 18.9 Å². The fourth-order valence-corrected chi connectivity index (χ4v) is 6.08. The molecule has 3 atom stereocenters. The molecule has 2 aliphatic rings. The Hall–Kier alpha value is -3.69. The second kappa shape index (κ2) is 7.91. The smallest absolute Gasteiger partial charge is 0.383 e. The molecule has 0 spiro atoms. The fraction of sp³-hybridized carbons (Fsp3) is 0.385. The third-order valence-corrected chi connectivity index (χ3v) is 7.64. The summed E-state index contributed by atoms with van der Waals surface area (Å²) in [6.45, 7) is 2.62. The zero-order chi connectivity index (χ0) is 25.4. The molecule has 1 aliphatic carbocycles. The predicted molar refractivity (Wildman–Crippen MR) is 129 cm³/mol. The van der Waals surface area contributed by atoms with Crippen LogP contribution in [0.2, 0.25) is 0 Å². The van der Waals surface area contributed by atoms with Gasteiger partial charge in [0.15, 0.2) is 0 Å². The topological polar surface area (TPSA) is 89.9 Å². The molecule has 2 N–H and O–H groups in total. The lowest BCUT2D eigenvalue weighted by Crippen LogP contribution is -2.47. The van der Waals surface area contributed by atoms with Crippen LogP contribution in [-0.4, -0.2) is 37.1 Å². The fourth-order valence-electron chi connectivity index (χ4n) is 6.08. The van der Waals surface area contributed by atoms with Crippen LogP contribution < -0.4 is 5.73 Å². The first-order valence-electron chi connectivity index (χ1n) is 12.0. The highest BCUT2D eigenvalue weighted by Gasteiger charge is 2.42. The number of halogens is 3. The average molecular weight is 495 g/mol. The number of nitrogen functional groups attached to an aromatic ring is 1. The summed E-state index contributed by atoms with van der Waals surface area (Å²) in [7, 11) is 1.80. The van der Waals surface area contributed by atoms with Gasteiger partial charge in [-0.25, -0.2) is 9.97 Å². The van der Waals surface area contributed by atoms with Crippen LogP contribution in [0.5, 0.6) is 0 Å². The van der Waals surface area contributed by atoms with Gasteiger partial charge < -0.3 is 10.6 Å². The van der Waals surface area contributed by atoms with E-state index in [9.17, 15) is 18.0 Å². The third kappa shape index (κ3) is 3.50. The predicted octanol–water partition coefficient (Wildman–Crippen LogP) is 4.90. The van der Waals surface area contributed by atoms with Gasteiger partial charge in [-0.3, -0.25) is 9.48 Å². The zero-order valence-corrected chi connectivity index (χ0v) is 19.9. The van der Waals surface area contributed by atoms with Crippen molar-refractivity contribution < 1.29 is 18.0 Å². The van der Waals surface area contributed by atoms with Gasteiger partial charge >= 0.3 is 6.18 Å². The van der Waals surface area contributed by atoms with E-state index in [0.717, 1.165) is 35.4 Å². The van der Waals surface area contributed by atoms with Gasteiger partial charge in [0.25, 0.3) is 5.91 Å². The van der Waals surface area contributed by atoms with Crippen molar-refractivity contribution >= 4 is 33.5 Å². The normalized spacial score (nSPS) is 22.0. The quantitative estimate of drug-likeness (QED) is 0.406. The highest BCUT2D eigenvalue weighted by atomic mass is 19.4. The summed E-state index contributed by atoms with van der Waals surface area (Å²) in [6.07, 6.45) is 1.04. The minimum atomic E-state index is -4.40. The number of carbonyl (C=O) groups excluding carboxylic acids is 1. The van der Waals surface area contributed by atoms with Gasteiger partial charge in [-0.2, -0.15) is 18.3 Å². The number of fused-ring (bicyclic) bond motifs is 6. The molecule has 1 aromatic carbocycles. The summed E-state index contributed by atoms with van der Waals surface area (Å²) < 4.78 is 41.7. The molecule has 7 nitrogen and oxygen atoms in total. The zero-order valence-electron chi connectivity index (χ0n) is 19.9. The number of carbonyl (C=O) groups is 1. The first kappa shape index (κ1) is 22.8. The molecule has 1 saturated heterocycles. The average Bonchev–Trinajstić information content (AvgIpc) is 3.24. The standard InChI is InChI=1S/C26H25F3N6O/c1-13-7-15-4-3-14-8-16(26(27,28)29)5-6-17(14)22(15)35(12-13)25(36)20-9-18-21(11-31-20)33-24(30)19-10-32-34(2)23(18)19/h5-6,8-11,13,15,22H,3-4,7,12H2,1-2H3,(H2,30,33)/t13?,15-,22+/m0/s1. The number of nitrogens with two attached hydrogens (primary N) is 1. The molecule has 4 aromatic rings. The number of piperidine rings is 1. The first-order valence-corrected chi connectivity index (χ1v) is 12.0. The highest BCUT2D eigenvalue weighted by Crippen LogP contribution is 2.47. The molecule has 0 bridgehead atoms. The van der Waals surface area contributed by atoms with E-state index in [1.165, 1.54) is 6.07 Å². The Morgan fingerprint density at radius 1 is 1.17 bits per heavy atom. The Morgan fingerprint density at radius 2 is 1.97 bits per heavy atom. The number of pyridine rings is 2. The number of aromatic nitrogens is 4. The molecule has 0 saturated carbocycles. The maximum Gasteiger partial charge on any atom is 0.416 e. The van der Waals surface area contributed by atoms with Crippen molar-refractivity contribution in [2.45, 2.75) is 38.4 Å².